The van der Waals surface area contributed by atoms with E-state index in [-0.39, 0.29) is 6.04 Å². The molecule has 1 atom stereocenters. The first-order chi connectivity index (χ1) is 7.20. The van der Waals surface area contributed by atoms with Crippen molar-refractivity contribution < 1.29 is 4.52 Å². The molecule has 0 bridgehead atoms. The molecule has 1 aromatic heterocycles. The van der Waals surface area contributed by atoms with E-state index in [1.54, 1.807) is 0 Å². The number of hydrogen-bond donors (Lipinski definition) is 1. The summed E-state index contributed by atoms with van der Waals surface area (Å²) in [5, 5.41) is 7.50. The molecule has 0 amide bonds. The molecule has 15 heavy (non-hydrogen) atoms. The Morgan fingerprint density at radius 1 is 1.47 bits per heavy atom. The molecular weight excluding hydrogens is 190 g/mol. The van der Waals surface area contributed by atoms with E-state index >= 15 is 0 Å². The molecule has 1 fully saturated rings. The highest BCUT2D eigenvalue weighted by Crippen LogP contribution is 2.25. The second-order valence-electron chi connectivity index (χ2n) is 4.55. The van der Waals surface area contributed by atoms with Gasteiger partial charge in [-0.3, -0.25) is 0 Å². The summed E-state index contributed by atoms with van der Waals surface area (Å²) in [4.78, 5) is 4.42. The van der Waals surface area contributed by atoms with Gasteiger partial charge in [-0.15, -0.1) is 0 Å². The van der Waals surface area contributed by atoms with Gasteiger partial charge in [-0.2, -0.15) is 4.98 Å². The summed E-state index contributed by atoms with van der Waals surface area (Å²) in [7, 11) is 0. The summed E-state index contributed by atoms with van der Waals surface area (Å²) in [6.07, 6.45) is 3.56. The minimum absolute atomic E-state index is 0.234. The predicted molar refractivity (Wildman–Crippen MR) is 57.6 cm³/mol. The maximum absolute atomic E-state index is 5.28. The predicted octanol–water partition coefficient (Wildman–Crippen LogP) is 2.40. The van der Waals surface area contributed by atoms with E-state index in [9.17, 15) is 0 Å². The van der Waals surface area contributed by atoms with Gasteiger partial charge < -0.3 is 9.84 Å². The average molecular weight is 209 g/mol. The first-order valence-electron chi connectivity index (χ1n) is 5.80. The van der Waals surface area contributed by atoms with Crippen molar-refractivity contribution in [2.75, 3.05) is 0 Å². The van der Waals surface area contributed by atoms with Crippen LogP contribution in [0.5, 0.6) is 0 Å². The molecule has 1 aromatic rings. The zero-order valence-electron chi connectivity index (χ0n) is 9.66. The van der Waals surface area contributed by atoms with Crippen LogP contribution < -0.4 is 5.32 Å². The van der Waals surface area contributed by atoms with Crippen LogP contribution in [0.4, 0.5) is 0 Å². The summed E-state index contributed by atoms with van der Waals surface area (Å²) in [5.41, 5.74) is 0. The lowest BCUT2D eigenvalue weighted by atomic mass is 10.2. The highest BCUT2D eigenvalue weighted by atomic mass is 16.5. The Morgan fingerprint density at radius 3 is 2.67 bits per heavy atom. The quantitative estimate of drug-likeness (QED) is 0.809. The van der Waals surface area contributed by atoms with E-state index in [1.165, 1.54) is 12.8 Å². The molecular formula is C11H19N3O. The summed E-state index contributed by atoms with van der Waals surface area (Å²) < 4.78 is 5.28. The van der Waals surface area contributed by atoms with Crippen molar-refractivity contribution in [1.82, 2.24) is 15.5 Å². The Balaban J connectivity index is 2.04. The Labute approximate surface area is 90.4 Å². The number of hydrogen-bond acceptors (Lipinski definition) is 4. The van der Waals surface area contributed by atoms with Crippen LogP contribution in [0.1, 0.15) is 63.7 Å². The number of aromatic nitrogens is 2. The van der Waals surface area contributed by atoms with Crippen molar-refractivity contribution in [1.29, 1.82) is 0 Å². The second kappa shape index (κ2) is 4.31. The van der Waals surface area contributed by atoms with Gasteiger partial charge in [0.25, 0.3) is 0 Å². The fraction of sp³-hybridized carbons (Fsp3) is 0.818. The van der Waals surface area contributed by atoms with Gasteiger partial charge in [0.15, 0.2) is 5.82 Å². The van der Waals surface area contributed by atoms with Crippen LogP contribution in [0.25, 0.3) is 0 Å². The van der Waals surface area contributed by atoms with E-state index in [1.807, 2.05) is 0 Å². The molecule has 84 valence electrons. The van der Waals surface area contributed by atoms with Gasteiger partial charge in [-0.1, -0.05) is 25.9 Å². The molecule has 4 nitrogen and oxygen atoms in total. The van der Waals surface area contributed by atoms with E-state index in [0.29, 0.717) is 12.0 Å². The first-order valence-corrected chi connectivity index (χ1v) is 5.80. The molecule has 2 rings (SSSR count). The SMILES string of the molecule is CCC(NC1CC1)c1nc(C(C)C)no1. The molecule has 0 spiro atoms. The average Bonchev–Trinajstić information content (AvgIpc) is 2.89. The molecule has 1 saturated carbocycles. The van der Waals surface area contributed by atoms with Gasteiger partial charge in [0.2, 0.25) is 5.89 Å². The summed E-state index contributed by atoms with van der Waals surface area (Å²) in [5.74, 6) is 1.88. The Kier molecular flexibility index (Phi) is 3.05. The summed E-state index contributed by atoms with van der Waals surface area (Å²) >= 11 is 0. The highest BCUT2D eigenvalue weighted by Gasteiger charge is 2.27. The molecule has 1 heterocycles. The standard InChI is InChI=1S/C11H19N3O/c1-4-9(12-8-5-6-8)11-13-10(7(2)3)14-15-11/h7-9,12H,4-6H2,1-3H3. The van der Waals surface area contributed by atoms with Crippen LogP contribution >= 0.6 is 0 Å². The Bertz CT molecular complexity index is 317. The van der Waals surface area contributed by atoms with Crippen LogP contribution in [-0.2, 0) is 0 Å². The number of nitrogens with one attached hydrogen (secondary N) is 1. The lowest BCUT2D eigenvalue weighted by Crippen LogP contribution is -2.23. The topological polar surface area (TPSA) is 51.0 Å². The van der Waals surface area contributed by atoms with Gasteiger partial charge in [-0.05, 0) is 19.3 Å². The molecule has 0 saturated heterocycles. The van der Waals surface area contributed by atoms with Crippen molar-refractivity contribution in [3.8, 4) is 0 Å². The molecule has 1 unspecified atom stereocenters. The fourth-order valence-corrected chi connectivity index (χ4v) is 1.52. The van der Waals surface area contributed by atoms with Crippen molar-refractivity contribution in [2.24, 2.45) is 0 Å². The smallest absolute Gasteiger partial charge is 0.243 e. The lowest BCUT2D eigenvalue weighted by Gasteiger charge is -2.10. The monoisotopic (exact) mass is 209 g/mol. The van der Waals surface area contributed by atoms with E-state index in [4.69, 9.17) is 4.52 Å². The molecule has 0 aromatic carbocycles. The highest BCUT2D eigenvalue weighted by molar-refractivity contribution is 4.98. The first kappa shape index (κ1) is 10.6. The minimum Gasteiger partial charge on any atom is -0.338 e. The maximum atomic E-state index is 5.28. The van der Waals surface area contributed by atoms with Crippen molar-refractivity contribution in [2.45, 2.75) is 58.0 Å². The van der Waals surface area contributed by atoms with Crippen LogP contribution in [0, 0.1) is 0 Å². The zero-order chi connectivity index (χ0) is 10.8. The molecule has 1 N–H and O–H groups in total. The normalized spacial score (nSPS) is 18.4. The van der Waals surface area contributed by atoms with Crippen LogP contribution in [0.3, 0.4) is 0 Å². The number of rotatable bonds is 5. The summed E-state index contributed by atoms with van der Waals surface area (Å²) in [6, 6.07) is 0.904. The maximum Gasteiger partial charge on any atom is 0.243 e. The van der Waals surface area contributed by atoms with Gasteiger partial charge >= 0.3 is 0 Å². The van der Waals surface area contributed by atoms with E-state index < -0.39 is 0 Å². The molecule has 0 aliphatic heterocycles. The third kappa shape index (κ3) is 2.56. The minimum atomic E-state index is 0.234. The van der Waals surface area contributed by atoms with Gasteiger partial charge in [0.05, 0.1) is 6.04 Å². The van der Waals surface area contributed by atoms with Crippen LogP contribution in [-0.4, -0.2) is 16.2 Å². The Morgan fingerprint density at radius 2 is 2.20 bits per heavy atom. The van der Waals surface area contributed by atoms with Gasteiger partial charge in [-0.25, -0.2) is 0 Å². The molecule has 4 heteroatoms. The van der Waals surface area contributed by atoms with Gasteiger partial charge in [0.1, 0.15) is 0 Å². The van der Waals surface area contributed by atoms with Crippen LogP contribution in [0.2, 0.25) is 0 Å². The Hall–Kier alpha value is -0.900. The van der Waals surface area contributed by atoms with Crippen molar-refractivity contribution in [3.05, 3.63) is 11.7 Å². The summed E-state index contributed by atoms with van der Waals surface area (Å²) in [6.45, 7) is 6.28. The fourth-order valence-electron chi connectivity index (χ4n) is 1.52. The van der Waals surface area contributed by atoms with Crippen LogP contribution in [0.15, 0.2) is 4.52 Å². The molecule has 1 aliphatic carbocycles. The number of nitrogens with zero attached hydrogens (tertiary/aromatic N) is 2. The molecule has 0 radical (unpaired) electrons. The third-order valence-electron chi connectivity index (χ3n) is 2.69. The largest absolute Gasteiger partial charge is 0.338 e. The molecule has 1 aliphatic rings. The second-order valence-corrected chi connectivity index (χ2v) is 4.55. The third-order valence-corrected chi connectivity index (χ3v) is 2.69. The van der Waals surface area contributed by atoms with E-state index in [2.05, 4.69) is 36.2 Å². The zero-order valence-corrected chi connectivity index (χ0v) is 9.66. The van der Waals surface area contributed by atoms with Crippen molar-refractivity contribution in [3.63, 3.8) is 0 Å². The van der Waals surface area contributed by atoms with Gasteiger partial charge in [0, 0.05) is 12.0 Å². The van der Waals surface area contributed by atoms with E-state index in [0.717, 1.165) is 18.1 Å². The lowest BCUT2D eigenvalue weighted by molar-refractivity contribution is 0.321. The van der Waals surface area contributed by atoms with Crippen molar-refractivity contribution >= 4 is 0 Å².